The number of cyclic esters (lactones) is 4. The molecule has 0 atom stereocenters. The fourth-order valence-corrected chi connectivity index (χ4v) is 4.93. The van der Waals surface area contributed by atoms with E-state index in [1.165, 1.54) is 0 Å². The highest BCUT2D eigenvalue weighted by molar-refractivity contribution is 6.16. The minimum absolute atomic E-state index is 0.392. The minimum atomic E-state index is -5.33. The Balaban J connectivity index is 1.74. The van der Waals surface area contributed by atoms with E-state index < -0.39 is 97.7 Å². The molecule has 3 aromatic carbocycles. The zero-order chi connectivity index (χ0) is 27.4. The lowest BCUT2D eigenvalue weighted by atomic mass is 9.66. The van der Waals surface area contributed by atoms with Crippen LogP contribution in [0.2, 0.25) is 0 Å². The van der Waals surface area contributed by atoms with Crippen molar-refractivity contribution in [2.24, 2.45) is 0 Å². The highest BCUT2D eigenvalue weighted by Crippen LogP contribution is 2.60. The van der Waals surface area contributed by atoms with Crippen molar-refractivity contribution >= 4 is 23.9 Å². The molecule has 3 aliphatic rings. The molecule has 192 valence electrons. The Morgan fingerprint density at radius 1 is 0.553 bits per heavy atom. The van der Waals surface area contributed by atoms with Crippen LogP contribution in [-0.2, 0) is 21.1 Å². The molecule has 0 spiro atoms. The van der Waals surface area contributed by atoms with Crippen molar-refractivity contribution in [2.45, 2.75) is 17.8 Å². The molecule has 0 amide bonds. The standard InChI is InChI=1S/C25H8F6O7/c26-24(27,28)10-3-1-9(2-4-10)23(25(29,30)31)15-5-11-13(21(34)37-19(11)32)7-17(15)36-18-8-14-12(6-16(18)23)20(33)38-22(14)35/h1-8H. The molecular formula is C25H8F6O7. The van der Waals surface area contributed by atoms with Crippen LogP contribution in [-0.4, -0.2) is 30.1 Å². The molecule has 6 rings (SSSR count). The number of ether oxygens (including phenoxy) is 3. The normalized spacial score (nSPS) is 17.2. The van der Waals surface area contributed by atoms with Gasteiger partial charge in [-0.25, -0.2) is 19.2 Å². The maximum Gasteiger partial charge on any atom is 0.416 e. The van der Waals surface area contributed by atoms with Gasteiger partial charge >= 0.3 is 36.2 Å². The number of rotatable bonds is 1. The van der Waals surface area contributed by atoms with Crippen molar-refractivity contribution in [3.63, 3.8) is 0 Å². The molecule has 38 heavy (non-hydrogen) atoms. The number of fused-ring (bicyclic) bond motifs is 4. The van der Waals surface area contributed by atoms with E-state index in [0.717, 1.165) is 24.3 Å². The molecule has 0 aliphatic carbocycles. The number of carbonyl (C=O) groups is 4. The van der Waals surface area contributed by atoms with E-state index >= 15 is 13.2 Å². The van der Waals surface area contributed by atoms with Gasteiger partial charge in [-0.2, -0.15) is 26.3 Å². The maximum absolute atomic E-state index is 15.4. The average Bonchev–Trinajstić information content (AvgIpc) is 3.27. The van der Waals surface area contributed by atoms with Crippen LogP contribution >= 0.6 is 0 Å². The van der Waals surface area contributed by atoms with Gasteiger partial charge in [0.15, 0.2) is 0 Å². The zero-order valence-electron chi connectivity index (χ0n) is 18.2. The predicted octanol–water partition coefficient (Wildman–Crippen LogP) is 5.33. The van der Waals surface area contributed by atoms with E-state index in [1.54, 1.807) is 0 Å². The van der Waals surface area contributed by atoms with Crippen LogP contribution in [0.4, 0.5) is 26.3 Å². The molecule has 13 heteroatoms. The molecule has 0 bridgehead atoms. The summed E-state index contributed by atoms with van der Waals surface area (Å²) in [6.07, 6.45) is -10.2. The molecule has 7 nitrogen and oxygen atoms in total. The van der Waals surface area contributed by atoms with Crippen LogP contribution in [0.5, 0.6) is 11.5 Å². The summed E-state index contributed by atoms with van der Waals surface area (Å²) in [5.41, 5.74) is -8.58. The third-order valence-corrected chi connectivity index (χ3v) is 6.59. The first-order chi connectivity index (χ1) is 17.7. The summed E-state index contributed by atoms with van der Waals surface area (Å²) in [7, 11) is 0. The second kappa shape index (κ2) is 7.21. The molecule has 3 aliphatic heterocycles. The Bertz CT molecular complexity index is 1550. The number of benzene rings is 3. The van der Waals surface area contributed by atoms with Crippen molar-refractivity contribution in [1.29, 1.82) is 0 Å². The van der Waals surface area contributed by atoms with Gasteiger partial charge < -0.3 is 14.2 Å². The average molecular weight is 534 g/mol. The minimum Gasteiger partial charge on any atom is -0.457 e. The van der Waals surface area contributed by atoms with Crippen LogP contribution in [0, 0.1) is 0 Å². The first-order valence-electron chi connectivity index (χ1n) is 10.6. The summed E-state index contributed by atoms with van der Waals surface area (Å²) in [6, 6.07) is 5.28. The third kappa shape index (κ3) is 2.98. The summed E-state index contributed by atoms with van der Waals surface area (Å²) in [5.74, 6) is -5.89. The largest absolute Gasteiger partial charge is 0.457 e. The van der Waals surface area contributed by atoms with Crippen molar-refractivity contribution in [3.8, 4) is 11.5 Å². The van der Waals surface area contributed by atoms with Crippen LogP contribution in [0.3, 0.4) is 0 Å². The van der Waals surface area contributed by atoms with Crippen molar-refractivity contribution in [2.75, 3.05) is 0 Å². The molecule has 0 saturated carbocycles. The second-order valence-corrected chi connectivity index (χ2v) is 8.57. The molecule has 0 aromatic heterocycles. The Morgan fingerprint density at radius 2 is 0.947 bits per heavy atom. The lowest BCUT2D eigenvalue weighted by Gasteiger charge is -2.42. The van der Waals surface area contributed by atoms with E-state index in [0.29, 0.717) is 24.3 Å². The quantitative estimate of drug-likeness (QED) is 0.237. The van der Waals surface area contributed by atoms with Crippen molar-refractivity contribution in [1.82, 2.24) is 0 Å². The second-order valence-electron chi connectivity index (χ2n) is 8.57. The number of carbonyl (C=O) groups excluding carboxylic acids is 4. The number of halogens is 6. The molecule has 0 N–H and O–H groups in total. The Labute approximate surface area is 206 Å². The lowest BCUT2D eigenvalue weighted by molar-refractivity contribution is -0.168. The highest BCUT2D eigenvalue weighted by Gasteiger charge is 2.63. The maximum atomic E-state index is 15.4. The Morgan fingerprint density at radius 3 is 1.32 bits per heavy atom. The van der Waals surface area contributed by atoms with Gasteiger partial charge in [0.25, 0.3) is 0 Å². The van der Waals surface area contributed by atoms with Gasteiger partial charge in [0.2, 0.25) is 0 Å². The van der Waals surface area contributed by atoms with Crippen LogP contribution in [0.1, 0.15) is 63.7 Å². The molecule has 0 unspecified atom stereocenters. The summed E-state index contributed by atoms with van der Waals surface area (Å²) in [6.45, 7) is 0. The van der Waals surface area contributed by atoms with Gasteiger partial charge in [-0.05, 0) is 42.0 Å². The monoisotopic (exact) mass is 534 g/mol. The molecule has 3 aromatic rings. The number of esters is 4. The third-order valence-electron chi connectivity index (χ3n) is 6.59. The summed E-state index contributed by atoms with van der Waals surface area (Å²) in [5, 5.41) is 0. The smallest absolute Gasteiger partial charge is 0.416 e. The van der Waals surface area contributed by atoms with E-state index in [-0.39, 0.29) is 0 Å². The fraction of sp³-hybridized carbons (Fsp3) is 0.120. The van der Waals surface area contributed by atoms with Gasteiger partial charge in [-0.3, -0.25) is 0 Å². The van der Waals surface area contributed by atoms with Gasteiger partial charge in [-0.1, -0.05) is 12.1 Å². The van der Waals surface area contributed by atoms with E-state index in [9.17, 15) is 32.3 Å². The van der Waals surface area contributed by atoms with E-state index in [2.05, 4.69) is 9.47 Å². The van der Waals surface area contributed by atoms with Gasteiger partial charge in [0.05, 0.1) is 27.8 Å². The predicted molar refractivity (Wildman–Crippen MR) is 110 cm³/mol. The first kappa shape index (κ1) is 23.7. The summed E-state index contributed by atoms with van der Waals surface area (Å²) < 4.78 is 100. The molecule has 3 heterocycles. The molecular weight excluding hydrogens is 526 g/mol. The Kier molecular flexibility index (Phi) is 4.50. The van der Waals surface area contributed by atoms with Gasteiger partial charge in [0.1, 0.15) is 16.9 Å². The Hall–Kier alpha value is -4.68. The molecule has 0 saturated heterocycles. The van der Waals surface area contributed by atoms with E-state index in [1.807, 2.05) is 0 Å². The lowest BCUT2D eigenvalue weighted by Crippen LogP contribution is -2.46. The van der Waals surface area contributed by atoms with Crippen LogP contribution in [0.15, 0.2) is 48.5 Å². The zero-order valence-corrected chi connectivity index (χ0v) is 18.2. The number of hydrogen-bond donors (Lipinski definition) is 0. The summed E-state index contributed by atoms with van der Waals surface area (Å²) in [4.78, 5) is 48.6. The first-order valence-corrected chi connectivity index (χ1v) is 10.6. The van der Waals surface area contributed by atoms with Gasteiger partial charge in [-0.15, -0.1) is 0 Å². The highest BCUT2D eigenvalue weighted by atomic mass is 19.4. The number of alkyl halides is 6. The van der Waals surface area contributed by atoms with Crippen LogP contribution in [0.25, 0.3) is 0 Å². The SMILES string of the molecule is O=C1OC(=O)c2cc3c(cc21)Oc1cc2c(cc1C3(c1ccc(C(F)(F)F)cc1)C(F)(F)F)C(=O)OC2=O. The van der Waals surface area contributed by atoms with Crippen molar-refractivity contribution in [3.05, 3.63) is 93.0 Å². The number of hydrogen-bond acceptors (Lipinski definition) is 7. The van der Waals surface area contributed by atoms with Gasteiger partial charge in [0, 0.05) is 11.1 Å². The topological polar surface area (TPSA) is 96.0 Å². The fourth-order valence-electron chi connectivity index (χ4n) is 4.93. The van der Waals surface area contributed by atoms with Crippen LogP contribution < -0.4 is 4.74 Å². The summed E-state index contributed by atoms with van der Waals surface area (Å²) >= 11 is 0. The molecule has 0 radical (unpaired) electrons. The molecule has 0 fully saturated rings. The van der Waals surface area contributed by atoms with E-state index in [4.69, 9.17) is 4.74 Å². The van der Waals surface area contributed by atoms with Crippen molar-refractivity contribution < 1.29 is 59.7 Å².